The Hall–Kier alpha value is -2.76. The molecule has 3 aromatic rings. The van der Waals surface area contributed by atoms with Crippen LogP contribution in [-0.4, -0.2) is 19.7 Å². The molecular formula is C13H10FN5. The zero-order valence-corrected chi connectivity index (χ0v) is 9.86. The summed E-state index contributed by atoms with van der Waals surface area (Å²) < 4.78 is 14.7. The van der Waals surface area contributed by atoms with Crippen molar-refractivity contribution in [3.63, 3.8) is 0 Å². The molecule has 5 nitrogen and oxygen atoms in total. The van der Waals surface area contributed by atoms with Gasteiger partial charge in [-0.3, -0.25) is 4.98 Å². The van der Waals surface area contributed by atoms with E-state index in [4.69, 9.17) is 5.73 Å². The zero-order valence-electron chi connectivity index (χ0n) is 9.86. The fraction of sp³-hybridized carbons (Fsp3) is 0. The normalized spacial score (nSPS) is 10.6. The van der Waals surface area contributed by atoms with E-state index >= 15 is 0 Å². The first-order valence-corrected chi connectivity index (χ1v) is 5.62. The van der Waals surface area contributed by atoms with Crippen molar-refractivity contribution in [1.29, 1.82) is 0 Å². The molecule has 0 spiro atoms. The minimum absolute atomic E-state index is 0.315. The third-order valence-electron chi connectivity index (χ3n) is 2.62. The molecule has 94 valence electrons. The number of benzene rings is 1. The van der Waals surface area contributed by atoms with Crippen molar-refractivity contribution >= 4 is 5.82 Å². The summed E-state index contributed by atoms with van der Waals surface area (Å²) in [6.45, 7) is 0. The molecule has 0 aliphatic carbocycles. The first-order valence-electron chi connectivity index (χ1n) is 5.62. The van der Waals surface area contributed by atoms with Gasteiger partial charge in [-0.15, -0.1) is 0 Å². The van der Waals surface area contributed by atoms with E-state index in [0.717, 1.165) is 0 Å². The lowest BCUT2D eigenvalue weighted by Crippen LogP contribution is -2.03. The monoisotopic (exact) mass is 255 g/mol. The first kappa shape index (κ1) is 11.3. The minimum atomic E-state index is -0.315. The minimum Gasteiger partial charge on any atom is -0.384 e. The quantitative estimate of drug-likeness (QED) is 0.760. The standard InChI is InChI=1S/C13H10FN5/c14-10-3-1-2-9(6-10)11-7-12(15)19(18-11)13-8-16-4-5-17-13/h1-8H,15H2. The number of nitrogens with zero attached hydrogens (tertiary/aromatic N) is 4. The Balaban J connectivity index is 2.07. The Labute approximate surface area is 108 Å². The Morgan fingerprint density at radius 2 is 2.05 bits per heavy atom. The molecule has 0 saturated carbocycles. The maximum absolute atomic E-state index is 13.2. The van der Waals surface area contributed by atoms with E-state index in [2.05, 4.69) is 15.1 Å². The van der Waals surface area contributed by atoms with Crippen LogP contribution in [0.1, 0.15) is 0 Å². The van der Waals surface area contributed by atoms with E-state index in [1.54, 1.807) is 36.8 Å². The maximum Gasteiger partial charge on any atom is 0.174 e. The number of aromatic nitrogens is 4. The third kappa shape index (κ3) is 2.15. The van der Waals surface area contributed by atoms with Crippen LogP contribution in [0.3, 0.4) is 0 Å². The fourth-order valence-corrected chi connectivity index (χ4v) is 1.77. The Morgan fingerprint density at radius 3 is 2.79 bits per heavy atom. The number of nitrogens with two attached hydrogens (primary N) is 1. The van der Waals surface area contributed by atoms with Gasteiger partial charge in [0.1, 0.15) is 11.6 Å². The molecule has 0 aliphatic rings. The SMILES string of the molecule is Nc1cc(-c2cccc(F)c2)nn1-c1cnccn1. The highest BCUT2D eigenvalue weighted by molar-refractivity contribution is 5.63. The molecule has 0 amide bonds. The van der Waals surface area contributed by atoms with Crippen LogP contribution in [0, 0.1) is 5.82 Å². The average Bonchev–Trinajstić information content (AvgIpc) is 2.82. The second kappa shape index (κ2) is 4.49. The van der Waals surface area contributed by atoms with E-state index in [1.807, 2.05) is 0 Å². The van der Waals surface area contributed by atoms with Gasteiger partial charge in [0.15, 0.2) is 5.82 Å². The van der Waals surface area contributed by atoms with Crippen molar-refractivity contribution in [2.24, 2.45) is 0 Å². The topological polar surface area (TPSA) is 69.6 Å². The van der Waals surface area contributed by atoms with Gasteiger partial charge >= 0.3 is 0 Å². The highest BCUT2D eigenvalue weighted by atomic mass is 19.1. The van der Waals surface area contributed by atoms with Crippen molar-refractivity contribution in [2.75, 3.05) is 5.73 Å². The Morgan fingerprint density at radius 1 is 1.16 bits per heavy atom. The molecule has 0 saturated heterocycles. The summed E-state index contributed by atoms with van der Waals surface area (Å²) in [7, 11) is 0. The van der Waals surface area contributed by atoms with Gasteiger partial charge in [0.25, 0.3) is 0 Å². The third-order valence-corrected chi connectivity index (χ3v) is 2.62. The molecule has 0 radical (unpaired) electrons. The van der Waals surface area contributed by atoms with Gasteiger partial charge in [0.2, 0.25) is 0 Å². The molecule has 1 aromatic carbocycles. The summed E-state index contributed by atoms with van der Waals surface area (Å²) >= 11 is 0. The molecule has 2 aromatic heterocycles. The molecular weight excluding hydrogens is 245 g/mol. The smallest absolute Gasteiger partial charge is 0.174 e. The van der Waals surface area contributed by atoms with Crippen molar-refractivity contribution in [1.82, 2.24) is 19.7 Å². The Kier molecular flexibility index (Phi) is 2.68. The van der Waals surface area contributed by atoms with Crippen molar-refractivity contribution in [3.8, 4) is 17.1 Å². The van der Waals surface area contributed by atoms with E-state index in [1.165, 1.54) is 16.8 Å². The summed E-state index contributed by atoms with van der Waals surface area (Å²) in [4.78, 5) is 8.08. The average molecular weight is 255 g/mol. The molecule has 0 fully saturated rings. The van der Waals surface area contributed by atoms with Gasteiger partial charge in [-0.2, -0.15) is 9.78 Å². The van der Waals surface area contributed by atoms with Crippen LogP contribution in [0.5, 0.6) is 0 Å². The molecule has 0 aliphatic heterocycles. The predicted octanol–water partition coefficient (Wildman–Crippen LogP) is 2.05. The zero-order chi connectivity index (χ0) is 13.2. The van der Waals surface area contributed by atoms with Gasteiger partial charge in [-0.25, -0.2) is 9.37 Å². The summed E-state index contributed by atoms with van der Waals surface area (Å²) in [5, 5.41) is 4.31. The number of nitrogen functional groups attached to an aromatic ring is 1. The molecule has 19 heavy (non-hydrogen) atoms. The van der Waals surface area contributed by atoms with E-state index in [0.29, 0.717) is 22.9 Å². The van der Waals surface area contributed by atoms with Crippen LogP contribution in [0.2, 0.25) is 0 Å². The van der Waals surface area contributed by atoms with Crippen LogP contribution < -0.4 is 5.73 Å². The van der Waals surface area contributed by atoms with E-state index in [-0.39, 0.29) is 5.82 Å². The summed E-state index contributed by atoms with van der Waals surface area (Å²) in [5.41, 5.74) is 7.13. The van der Waals surface area contributed by atoms with Crippen LogP contribution in [-0.2, 0) is 0 Å². The van der Waals surface area contributed by atoms with Crippen LogP contribution in [0.4, 0.5) is 10.2 Å². The summed E-state index contributed by atoms with van der Waals surface area (Å²) in [5.74, 6) is 0.618. The Bertz CT molecular complexity index is 708. The molecule has 0 bridgehead atoms. The number of halogens is 1. The first-order chi connectivity index (χ1) is 9.24. The summed E-state index contributed by atoms with van der Waals surface area (Å²) in [6, 6.07) is 7.85. The van der Waals surface area contributed by atoms with Gasteiger partial charge in [0.05, 0.1) is 11.9 Å². The molecule has 0 atom stereocenters. The lowest BCUT2D eigenvalue weighted by molar-refractivity contribution is 0.628. The molecule has 2 heterocycles. The molecule has 2 N–H and O–H groups in total. The summed E-state index contributed by atoms with van der Waals surface area (Å²) in [6.07, 6.45) is 4.67. The molecule has 0 unspecified atom stereocenters. The van der Waals surface area contributed by atoms with Crippen LogP contribution in [0.25, 0.3) is 17.1 Å². The van der Waals surface area contributed by atoms with Crippen LogP contribution in [0.15, 0.2) is 48.9 Å². The predicted molar refractivity (Wildman–Crippen MR) is 69.0 cm³/mol. The molecule has 6 heteroatoms. The van der Waals surface area contributed by atoms with Gasteiger partial charge in [-0.1, -0.05) is 12.1 Å². The molecule has 3 rings (SSSR count). The van der Waals surface area contributed by atoms with Gasteiger partial charge in [-0.05, 0) is 12.1 Å². The highest BCUT2D eigenvalue weighted by Crippen LogP contribution is 2.22. The number of anilines is 1. The van der Waals surface area contributed by atoms with Gasteiger partial charge < -0.3 is 5.73 Å². The number of hydrogen-bond acceptors (Lipinski definition) is 4. The highest BCUT2D eigenvalue weighted by Gasteiger charge is 2.10. The van der Waals surface area contributed by atoms with E-state index < -0.39 is 0 Å². The van der Waals surface area contributed by atoms with Gasteiger partial charge in [0, 0.05) is 24.0 Å². The number of hydrogen-bond donors (Lipinski definition) is 1. The maximum atomic E-state index is 13.2. The van der Waals surface area contributed by atoms with E-state index in [9.17, 15) is 4.39 Å². The van der Waals surface area contributed by atoms with Crippen molar-refractivity contribution in [3.05, 3.63) is 54.7 Å². The van der Waals surface area contributed by atoms with Crippen molar-refractivity contribution in [2.45, 2.75) is 0 Å². The largest absolute Gasteiger partial charge is 0.384 e. The van der Waals surface area contributed by atoms with Crippen molar-refractivity contribution < 1.29 is 4.39 Å². The number of rotatable bonds is 2. The second-order valence-corrected chi connectivity index (χ2v) is 3.94. The van der Waals surface area contributed by atoms with Crippen LogP contribution >= 0.6 is 0 Å². The lowest BCUT2D eigenvalue weighted by Gasteiger charge is -2.00. The lowest BCUT2D eigenvalue weighted by atomic mass is 10.1. The fourth-order valence-electron chi connectivity index (χ4n) is 1.77. The second-order valence-electron chi connectivity index (χ2n) is 3.94.